The molecular formula is C13H23N3. The van der Waals surface area contributed by atoms with Crippen LogP contribution in [0.15, 0.2) is 12.3 Å². The molecule has 0 bridgehead atoms. The molecule has 0 aliphatic carbocycles. The van der Waals surface area contributed by atoms with Crippen molar-refractivity contribution in [2.24, 2.45) is 5.73 Å². The number of aryl methyl sites for hydroxylation is 1. The minimum atomic E-state index is 0.563. The van der Waals surface area contributed by atoms with Crippen LogP contribution in [-0.4, -0.2) is 18.6 Å². The molecule has 0 amide bonds. The van der Waals surface area contributed by atoms with Gasteiger partial charge in [0.2, 0.25) is 0 Å². The van der Waals surface area contributed by atoms with Gasteiger partial charge in [-0.2, -0.15) is 0 Å². The molecule has 2 N–H and O–H groups in total. The topological polar surface area (TPSA) is 42.2 Å². The number of unbranched alkanes of at least 4 members (excludes halogenated alkanes) is 2. The van der Waals surface area contributed by atoms with E-state index in [0.717, 1.165) is 17.9 Å². The lowest BCUT2D eigenvalue weighted by molar-refractivity contribution is 0.700. The number of nitrogens with two attached hydrogens (primary N) is 1. The van der Waals surface area contributed by atoms with Crippen LogP contribution < -0.4 is 10.6 Å². The Labute approximate surface area is 98.7 Å². The van der Waals surface area contributed by atoms with E-state index in [4.69, 9.17) is 5.73 Å². The molecule has 0 atom stereocenters. The van der Waals surface area contributed by atoms with Crippen LogP contribution in [0.25, 0.3) is 0 Å². The largest absolute Gasteiger partial charge is 0.359 e. The number of rotatable bonds is 6. The molecule has 90 valence electrons. The van der Waals surface area contributed by atoms with Gasteiger partial charge in [0, 0.05) is 26.3 Å². The van der Waals surface area contributed by atoms with E-state index in [2.05, 4.69) is 36.8 Å². The molecule has 1 rings (SSSR count). The summed E-state index contributed by atoms with van der Waals surface area (Å²) in [4.78, 5) is 6.70. The SMILES string of the molecule is CCCCCN(C)c1ncc(CN)cc1C. The molecule has 0 saturated carbocycles. The van der Waals surface area contributed by atoms with Crippen molar-refractivity contribution in [1.29, 1.82) is 0 Å². The Kier molecular flexibility index (Phi) is 5.26. The number of nitrogens with zero attached hydrogens (tertiary/aromatic N) is 2. The summed E-state index contributed by atoms with van der Waals surface area (Å²) in [6, 6.07) is 2.12. The Bertz CT molecular complexity index is 323. The average molecular weight is 221 g/mol. The van der Waals surface area contributed by atoms with Gasteiger partial charge in [0.05, 0.1) is 0 Å². The van der Waals surface area contributed by atoms with Crippen LogP contribution in [0.1, 0.15) is 37.3 Å². The molecule has 0 aromatic carbocycles. The molecule has 0 aliphatic rings. The molecule has 1 aromatic rings. The lowest BCUT2D eigenvalue weighted by atomic mass is 10.2. The fraction of sp³-hybridized carbons (Fsp3) is 0.615. The molecule has 1 heterocycles. The monoisotopic (exact) mass is 221 g/mol. The summed E-state index contributed by atoms with van der Waals surface area (Å²) in [5.41, 5.74) is 7.90. The summed E-state index contributed by atoms with van der Waals surface area (Å²) in [6.07, 6.45) is 5.64. The van der Waals surface area contributed by atoms with E-state index in [1.807, 2.05) is 6.20 Å². The molecule has 0 radical (unpaired) electrons. The second-order valence-corrected chi connectivity index (χ2v) is 4.32. The van der Waals surface area contributed by atoms with Crippen LogP contribution in [0.5, 0.6) is 0 Å². The number of pyridine rings is 1. The second kappa shape index (κ2) is 6.48. The van der Waals surface area contributed by atoms with Gasteiger partial charge >= 0.3 is 0 Å². The summed E-state index contributed by atoms with van der Waals surface area (Å²) in [5, 5.41) is 0. The molecule has 0 fully saturated rings. The zero-order chi connectivity index (χ0) is 12.0. The van der Waals surface area contributed by atoms with E-state index >= 15 is 0 Å². The van der Waals surface area contributed by atoms with Crippen LogP contribution in [0, 0.1) is 6.92 Å². The van der Waals surface area contributed by atoms with Crippen LogP contribution in [0.4, 0.5) is 5.82 Å². The minimum absolute atomic E-state index is 0.563. The normalized spacial score (nSPS) is 10.5. The highest BCUT2D eigenvalue weighted by Crippen LogP contribution is 2.17. The Morgan fingerprint density at radius 2 is 2.12 bits per heavy atom. The lowest BCUT2D eigenvalue weighted by Gasteiger charge is -2.20. The number of aromatic nitrogens is 1. The molecule has 16 heavy (non-hydrogen) atoms. The zero-order valence-corrected chi connectivity index (χ0v) is 10.7. The van der Waals surface area contributed by atoms with Crippen LogP contribution in [0.3, 0.4) is 0 Å². The molecule has 3 nitrogen and oxygen atoms in total. The second-order valence-electron chi connectivity index (χ2n) is 4.32. The van der Waals surface area contributed by atoms with Crippen LogP contribution in [-0.2, 0) is 6.54 Å². The molecular weight excluding hydrogens is 198 g/mol. The Hall–Kier alpha value is -1.09. The predicted octanol–water partition coefficient (Wildman–Crippen LogP) is 2.48. The Morgan fingerprint density at radius 3 is 2.69 bits per heavy atom. The maximum absolute atomic E-state index is 5.59. The maximum atomic E-state index is 5.59. The molecule has 0 saturated heterocycles. The minimum Gasteiger partial charge on any atom is -0.359 e. The number of hydrogen-bond donors (Lipinski definition) is 1. The number of anilines is 1. The van der Waals surface area contributed by atoms with Gasteiger partial charge in [0.1, 0.15) is 5.82 Å². The standard InChI is InChI=1S/C13H23N3/c1-4-5-6-7-16(3)13-11(2)8-12(9-14)10-15-13/h8,10H,4-7,9,14H2,1-3H3. The van der Waals surface area contributed by atoms with Gasteiger partial charge in [0.25, 0.3) is 0 Å². The van der Waals surface area contributed by atoms with E-state index in [0.29, 0.717) is 6.54 Å². The maximum Gasteiger partial charge on any atom is 0.131 e. The Morgan fingerprint density at radius 1 is 1.38 bits per heavy atom. The van der Waals surface area contributed by atoms with Crippen molar-refractivity contribution in [2.75, 3.05) is 18.5 Å². The van der Waals surface area contributed by atoms with Crippen molar-refractivity contribution in [1.82, 2.24) is 4.98 Å². The van der Waals surface area contributed by atoms with Gasteiger partial charge in [-0.3, -0.25) is 0 Å². The summed E-state index contributed by atoms with van der Waals surface area (Å²) >= 11 is 0. The first-order valence-corrected chi connectivity index (χ1v) is 6.05. The highest BCUT2D eigenvalue weighted by molar-refractivity contribution is 5.46. The van der Waals surface area contributed by atoms with Gasteiger partial charge < -0.3 is 10.6 Å². The van der Waals surface area contributed by atoms with Crippen molar-refractivity contribution in [2.45, 2.75) is 39.7 Å². The van der Waals surface area contributed by atoms with E-state index in [1.54, 1.807) is 0 Å². The molecule has 0 spiro atoms. The van der Waals surface area contributed by atoms with Crippen molar-refractivity contribution < 1.29 is 0 Å². The van der Waals surface area contributed by atoms with Gasteiger partial charge in [0.15, 0.2) is 0 Å². The highest BCUT2D eigenvalue weighted by atomic mass is 15.2. The quantitative estimate of drug-likeness (QED) is 0.750. The van der Waals surface area contributed by atoms with Crippen LogP contribution >= 0.6 is 0 Å². The molecule has 3 heteroatoms. The molecule has 1 aromatic heterocycles. The van der Waals surface area contributed by atoms with Gasteiger partial charge in [-0.1, -0.05) is 19.8 Å². The fourth-order valence-electron chi connectivity index (χ4n) is 1.84. The van der Waals surface area contributed by atoms with Gasteiger partial charge in [-0.15, -0.1) is 0 Å². The van der Waals surface area contributed by atoms with E-state index in [1.165, 1.54) is 24.8 Å². The van der Waals surface area contributed by atoms with E-state index in [9.17, 15) is 0 Å². The number of hydrogen-bond acceptors (Lipinski definition) is 3. The fourth-order valence-corrected chi connectivity index (χ4v) is 1.84. The Balaban J connectivity index is 2.64. The molecule has 0 unspecified atom stereocenters. The first-order chi connectivity index (χ1) is 7.69. The van der Waals surface area contributed by atoms with Crippen molar-refractivity contribution >= 4 is 5.82 Å². The molecule has 0 aliphatic heterocycles. The summed E-state index contributed by atoms with van der Waals surface area (Å²) in [6.45, 7) is 5.95. The first-order valence-electron chi connectivity index (χ1n) is 6.05. The third-order valence-corrected chi connectivity index (χ3v) is 2.80. The summed E-state index contributed by atoms with van der Waals surface area (Å²) in [5.74, 6) is 1.08. The van der Waals surface area contributed by atoms with E-state index < -0.39 is 0 Å². The van der Waals surface area contributed by atoms with Crippen molar-refractivity contribution in [3.05, 3.63) is 23.4 Å². The first kappa shape index (κ1) is 13.0. The smallest absolute Gasteiger partial charge is 0.131 e. The van der Waals surface area contributed by atoms with Gasteiger partial charge in [-0.05, 0) is 30.5 Å². The van der Waals surface area contributed by atoms with Crippen LogP contribution in [0.2, 0.25) is 0 Å². The van der Waals surface area contributed by atoms with E-state index in [-0.39, 0.29) is 0 Å². The lowest BCUT2D eigenvalue weighted by Crippen LogP contribution is -2.21. The van der Waals surface area contributed by atoms with Gasteiger partial charge in [-0.25, -0.2) is 4.98 Å². The average Bonchev–Trinajstić information content (AvgIpc) is 2.29. The third kappa shape index (κ3) is 3.49. The zero-order valence-electron chi connectivity index (χ0n) is 10.7. The van der Waals surface area contributed by atoms with Crippen molar-refractivity contribution in [3.63, 3.8) is 0 Å². The van der Waals surface area contributed by atoms with Crippen molar-refractivity contribution in [3.8, 4) is 0 Å². The predicted molar refractivity (Wildman–Crippen MR) is 69.7 cm³/mol. The highest BCUT2D eigenvalue weighted by Gasteiger charge is 2.06. The summed E-state index contributed by atoms with van der Waals surface area (Å²) < 4.78 is 0. The third-order valence-electron chi connectivity index (χ3n) is 2.80. The summed E-state index contributed by atoms with van der Waals surface area (Å²) in [7, 11) is 2.10.